The molecular weight excluding hydrogens is 464 g/mol. The number of carbonyl (C=O) groups is 1. The summed E-state index contributed by atoms with van der Waals surface area (Å²) in [6.07, 6.45) is 1.72. The van der Waals surface area contributed by atoms with Gasteiger partial charge >= 0.3 is 0 Å². The molecule has 0 aliphatic carbocycles. The molecule has 0 atom stereocenters. The maximum atomic E-state index is 12.3. The van der Waals surface area contributed by atoms with Crippen LogP contribution in [0.1, 0.15) is 16.9 Å². The largest absolute Gasteiger partial charge is 0.455 e. The Kier molecular flexibility index (Phi) is 6.02. The predicted octanol–water partition coefficient (Wildman–Crippen LogP) is 6.52. The molecule has 0 unspecified atom stereocenters. The minimum Gasteiger partial charge on any atom is -0.455 e. The highest BCUT2D eigenvalue weighted by molar-refractivity contribution is 9.10. The van der Waals surface area contributed by atoms with Crippen LogP contribution in [0.25, 0.3) is 22.1 Å². The van der Waals surface area contributed by atoms with E-state index in [-0.39, 0.29) is 12.3 Å². The maximum absolute atomic E-state index is 12.3. The van der Waals surface area contributed by atoms with Crippen molar-refractivity contribution in [1.29, 1.82) is 0 Å². The highest BCUT2D eigenvalue weighted by Crippen LogP contribution is 2.28. The molecule has 0 fully saturated rings. The molecule has 0 aliphatic rings. The van der Waals surface area contributed by atoms with Crippen LogP contribution < -0.4 is 5.43 Å². The van der Waals surface area contributed by atoms with Gasteiger partial charge in [-0.15, -0.1) is 0 Å². The van der Waals surface area contributed by atoms with Gasteiger partial charge in [0.25, 0.3) is 0 Å². The van der Waals surface area contributed by atoms with Crippen LogP contribution in [-0.4, -0.2) is 12.1 Å². The van der Waals surface area contributed by atoms with E-state index in [9.17, 15) is 4.79 Å². The molecule has 4 rings (SSSR count). The number of hydrogen-bond acceptors (Lipinski definition) is 3. The lowest BCUT2D eigenvalue weighted by Crippen LogP contribution is -2.19. The first-order chi connectivity index (χ1) is 14.5. The second-order valence-electron chi connectivity index (χ2n) is 6.89. The topological polar surface area (TPSA) is 54.6 Å². The average Bonchev–Trinajstić information content (AvgIpc) is 3.21. The van der Waals surface area contributed by atoms with Crippen molar-refractivity contribution < 1.29 is 9.21 Å². The molecule has 0 radical (unpaired) electrons. The van der Waals surface area contributed by atoms with E-state index in [0.717, 1.165) is 31.9 Å². The Balaban J connectivity index is 1.42. The normalized spacial score (nSPS) is 11.3. The van der Waals surface area contributed by atoms with Gasteiger partial charge in [-0.2, -0.15) is 5.10 Å². The molecule has 1 aromatic heterocycles. The van der Waals surface area contributed by atoms with Gasteiger partial charge in [0.05, 0.1) is 12.6 Å². The molecule has 0 aliphatic heterocycles. The van der Waals surface area contributed by atoms with Crippen molar-refractivity contribution in [3.05, 3.63) is 93.1 Å². The molecule has 4 aromatic rings. The van der Waals surface area contributed by atoms with E-state index in [1.165, 1.54) is 6.21 Å². The first-order valence-corrected chi connectivity index (χ1v) is 10.5. The second kappa shape index (κ2) is 8.86. The van der Waals surface area contributed by atoms with Crippen molar-refractivity contribution >= 4 is 50.4 Å². The molecule has 1 amide bonds. The Labute approximate surface area is 187 Å². The average molecular weight is 482 g/mol. The first kappa shape index (κ1) is 20.4. The van der Waals surface area contributed by atoms with E-state index in [0.29, 0.717) is 16.5 Å². The van der Waals surface area contributed by atoms with Crippen LogP contribution in [0.4, 0.5) is 0 Å². The molecule has 0 saturated carbocycles. The van der Waals surface area contributed by atoms with Crippen LogP contribution >= 0.6 is 27.5 Å². The number of nitrogens with zero attached hydrogens (tertiary/aromatic N) is 1. The lowest BCUT2D eigenvalue weighted by molar-refractivity contribution is -0.120. The van der Waals surface area contributed by atoms with Crippen molar-refractivity contribution in [1.82, 2.24) is 5.43 Å². The molecule has 0 spiro atoms. The van der Waals surface area contributed by atoms with E-state index in [4.69, 9.17) is 16.0 Å². The van der Waals surface area contributed by atoms with Crippen molar-refractivity contribution in [2.24, 2.45) is 5.10 Å². The van der Waals surface area contributed by atoms with Crippen LogP contribution in [-0.2, 0) is 11.2 Å². The van der Waals surface area contributed by atoms with Crippen LogP contribution in [0.5, 0.6) is 0 Å². The van der Waals surface area contributed by atoms with Crippen LogP contribution in [0.15, 0.2) is 80.7 Å². The van der Waals surface area contributed by atoms with Crippen molar-refractivity contribution in [2.75, 3.05) is 0 Å². The lowest BCUT2D eigenvalue weighted by atomic mass is 10.0. The molecular formula is C24H18BrClN2O2. The summed E-state index contributed by atoms with van der Waals surface area (Å²) in [5.41, 5.74) is 5.40. The van der Waals surface area contributed by atoms with Crippen molar-refractivity contribution in [3.8, 4) is 11.3 Å². The Hall–Kier alpha value is -2.89. The number of aryl methyl sites for hydroxylation is 1. The second-order valence-corrected chi connectivity index (χ2v) is 8.15. The van der Waals surface area contributed by atoms with E-state index in [2.05, 4.69) is 26.5 Å². The molecule has 4 nitrogen and oxygen atoms in total. The first-order valence-electron chi connectivity index (χ1n) is 9.35. The Bertz CT molecular complexity index is 1260. The van der Waals surface area contributed by atoms with Gasteiger partial charge in [-0.05, 0) is 53.1 Å². The highest BCUT2D eigenvalue weighted by atomic mass is 79.9. The standard InChI is InChI=1S/C24H18BrClN2O2/c1-15-6-7-17(12-22(15)26)23-11-9-18(30-23)14-27-28-24(29)13-16-8-10-21(25)20-5-3-2-4-19(16)20/h2-12,14H,13H2,1H3,(H,28,29)/b27-14-. The zero-order valence-corrected chi connectivity index (χ0v) is 18.5. The molecule has 3 aromatic carbocycles. The fourth-order valence-corrected chi connectivity index (χ4v) is 3.84. The number of carbonyl (C=O) groups excluding carboxylic acids is 1. The van der Waals surface area contributed by atoms with E-state index in [1.54, 1.807) is 6.07 Å². The summed E-state index contributed by atoms with van der Waals surface area (Å²) in [5.74, 6) is 1.03. The van der Waals surface area contributed by atoms with E-state index in [1.807, 2.05) is 67.6 Å². The van der Waals surface area contributed by atoms with Crippen LogP contribution in [0.3, 0.4) is 0 Å². The van der Waals surface area contributed by atoms with Gasteiger partial charge in [0.15, 0.2) is 0 Å². The van der Waals surface area contributed by atoms with E-state index < -0.39 is 0 Å². The molecule has 0 saturated heterocycles. The zero-order valence-electron chi connectivity index (χ0n) is 16.2. The van der Waals surface area contributed by atoms with E-state index >= 15 is 0 Å². The third-order valence-electron chi connectivity index (χ3n) is 4.78. The Morgan fingerprint density at radius 2 is 1.90 bits per heavy atom. The number of hydrogen-bond donors (Lipinski definition) is 1. The molecule has 0 bridgehead atoms. The molecule has 1 heterocycles. The van der Waals surface area contributed by atoms with Gasteiger partial charge in [-0.1, -0.05) is 70.0 Å². The van der Waals surface area contributed by atoms with Gasteiger partial charge in [-0.3, -0.25) is 4.79 Å². The number of benzene rings is 3. The summed E-state index contributed by atoms with van der Waals surface area (Å²) < 4.78 is 6.77. The summed E-state index contributed by atoms with van der Waals surface area (Å²) in [5, 5.41) is 6.82. The number of nitrogens with one attached hydrogen (secondary N) is 1. The van der Waals surface area contributed by atoms with Gasteiger partial charge in [0, 0.05) is 15.1 Å². The van der Waals surface area contributed by atoms with Gasteiger partial charge in [-0.25, -0.2) is 5.43 Å². The summed E-state index contributed by atoms with van der Waals surface area (Å²) in [7, 11) is 0. The fraction of sp³-hybridized carbons (Fsp3) is 0.0833. The maximum Gasteiger partial charge on any atom is 0.244 e. The molecule has 6 heteroatoms. The number of fused-ring (bicyclic) bond motifs is 1. The quantitative estimate of drug-likeness (QED) is 0.261. The predicted molar refractivity (Wildman–Crippen MR) is 125 cm³/mol. The van der Waals surface area contributed by atoms with Gasteiger partial charge in [0.1, 0.15) is 11.5 Å². The monoisotopic (exact) mass is 480 g/mol. The van der Waals surface area contributed by atoms with Gasteiger partial charge in [0.2, 0.25) is 5.91 Å². The van der Waals surface area contributed by atoms with Crippen molar-refractivity contribution in [2.45, 2.75) is 13.3 Å². The van der Waals surface area contributed by atoms with Gasteiger partial charge < -0.3 is 4.42 Å². The molecule has 150 valence electrons. The zero-order chi connectivity index (χ0) is 21.1. The summed E-state index contributed by atoms with van der Waals surface area (Å²) in [4.78, 5) is 12.3. The third-order valence-corrected chi connectivity index (χ3v) is 5.88. The number of rotatable bonds is 5. The Morgan fingerprint density at radius 1 is 1.10 bits per heavy atom. The Morgan fingerprint density at radius 3 is 2.70 bits per heavy atom. The summed E-state index contributed by atoms with van der Waals surface area (Å²) in [6, 6.07) is 21.3. The minimum atomic E-state index is -0.198. The number of furan rings is 1. The molecule has 30 heavy (non-hydrogen) atoms. The van der Waals surface area contributed by atoms with Crippen LogP contribution in [0.2, 0.25) is 5.02 Å². The SMILES string of the molecule is Cc1ccc(-c2ccc(/C=N\NC(=O)Cc3ccc(Br)c4ccccc34)o2)cc1Cl. The smallest absolute Gasteiger partial charge is 0.244 e. The molecule has 1 N–H and O–H groups in total. The summed E-state index contributed by atoms with van der Waals surface area (Å²) in [6.45, 7) is 1.95. The number of halogens is 2. The number of hydrazone groups is 1. The van der Waals surface area contributed by atoms with Crippen molar-refractivity contribution in [3.63, 3.8) is 0 Å². The number of amides is 1. The summed E-state index contributed by atoms with van der Waals surface area (Å²) >= 11 is 9.73. The van der Waals surface area contributed by atoms with Crippen LogP contribution in [0, 0.1) is 6.92 Å². The third kappa shape index (κ3) is 4.48. The minimum absolute atomic E-state index is 0.198. The fourth-order valence-electron chi connectivity index (χ4n) is 3.18. The highest BCUT2D eigenvalue weighted by Gasteiger charge is 2.09. The lowest BCUT2D eigenvalue weighted by Gasteiger charge is -2.07.